The van der Waals surface area contributed by atoms with Crippen LogP contribution in [-0.2, 0) is 20.1 Å². The summed E-state index contributed by atoms with van der Waals surface area (Å²) in [5.41, 5.74) is 14.8. The Kier molecular flexibility index (Phi) is 11.7. The van der Waals surface area contributed by atoms with Crippen LogP contribution in [0.15, 0.2) is 213 Å². The van der Waals surface area contributed by atoms with Crippen molar-refractivity contribution in [1.29, 1.82) is 0 Å². The molecule has 337 valence electrons. The van der Waals surface area contributed by atoms with Gasteiger partial charge in [0.05, 0.1) is 27.9 Å². The fraction of sp³-hybridized carbons (Fsp3) is 0.0952. The van der Waals surface area contributed by atoms with Crippen LogP contribution >= 0.6 is 11.3 Å². The van der Waals surface area contributed by atoms with Crippen LogP contribution in [0.5, 0.6) is 0 Å². The van der Waals surface area contributed by atoms with Gasteiger partial charge in [0.25, 0.3) is 0 Å². The average molecular weight is 1090 g/mol. The molecule has 6 heteroatoms. The van der Waals surface area contributed by atoms with E-state index in [2.05, 4.69) is 241 Å². The molecular weight excluding hydrogens is 1040 g/mol. The maximum Gasteiger partial charge on any atom is 0.0602 e. The molecular formula is C63H49IrN4S-. The van der Waals surface area contributed by atoms with Crippen LogP contribution in [0, 0.1) is 6.07 Å². The molecule has 9 aromatic carbocycles. The summed E-state index contributed by atoms with van der Waals surface area (Å²) in [5.74, 6) is 1.71. The first-order valence-corrected chi connectivity index (χ1v) is 24.4. The first kappa shape index (κ1) is 44.2. The summed E-state index contributed by atoms with van der Waals surface area (Å²) in [7, 11) is 0. The summed E-state index contributed by atoms with van der Waals surface area (Å²) >= 11 is 1.87. The van der Waals surface area contributed by atoms with Crippen LogP contribution in [0.1, 0.15) is 50.7 Å². The van der Waals surface area contributed by atoms with Gasteiger partial charge in [0.15, 0.2) is 0 Å². The number of nitrogens with zero attached hydrogens (tertiary/aromatic N) is 4. The molecule has 0 atom stereocenters. The number of fused-ring (bicyclic) bond motifs is 9. The molecule has 0 saturated carbocycles. The molecule has 69 heavy (non-hydrogen) atoms. The van der Waals surface area contributed by atoms with Gasteiger partial charge in [-0.3, -0.25) is 4.98 Å². The largest absolute Gasteiger partial charge is 0.340 e. The summed E-state index contributed by atoms with van der Waals surface area (Å²) in [6.07, 6.45) is 3.96. The molecule has 0 amide bonds. The van der Waals surface area contributed by atoms with Gasteiger partial charge in [-0.1, -0.05) is 131 Å². The minimum atomic E-state index is 0. The Labute approximate surface area is 420 Å². The molecule has 13 aromatic rings. The smallest absolute Gasteiger partial charge is 0.0602 e. The summed E-state index contributed by atoms with van der Waals surface area (Å²) in [6, 6.07) is 75.5. The maximum atomic E-state index is 4.68. The molecule has 0 spiro atoms. The van der Waals surface area contributed by atoms with E-state index in [1.165, 1.54) is 103 Å². The van der Waals surface area contributed by atoms with Crippen LogP contribution in [0.25, 0.3) is 103 Å². The van der Waals surface area contributed by atoms with Gasteiger partial charge in [-0.25, -0.2) is 0 Å². The van der Waals surface area contributed by atoms with Crippen molar-refractivity contribution >= 4 is 75.1 Å². The topological polar surface area (TPSA) is 27.7 Å². The fourth-order valence-corrected chi connectivity index (χ4v) is 11.4. The summed E-state index contributed by atoms with van der Waals surface area (Å²) < 4.78 is 9.68. The quantitative estimate of drug-likeness (QED) is 0.146. The van der Waals surface area contributed by atoms with Crippen molar-refractivity contribution in [1.82, 2.24) is 18.7 Å². The van der Waals surface area contributed by atoms with E-state index in [9.17, 15) is 0 Å². The normalized spacial score (nSPS) is 11.6. The Morgan fingerprint density at radius 2 is 0.899 bits per heavy atom. The van der Waals surface area contributed by atoms with Crippen molar-refractivity contribution in [2.24, 2.45) is 0 Å². The number of imidazole rings is 1. The number of thiophene rings is 1. The van der Waals surface area contributed by atoms with Crippen LogP contribution in [0.2, 0.25) is 0 Å². The molecule has 4 aromatic heterocycles. The number of para-hydroxylation sites is 4. The fourth-order valence-electron chi connectivity index (χ4n) is 10.3. The number of hydrogen-bond acceptors (Lipinski definition) is 2. The molecule has 13 rings (SSSR count). The van der Waals surface area contributed by atoms with Crippen molar-refractivity contribution < 1.29 is 20.1 Å². The zero-order chi connectivity index (χ0) is 45.9. The Morgan fingerprint density at radius 3 is 1.35 bits per heavy atom. The van der Waals surface area contributed by atoms with Crippen LogP contribution in [0.4, 0.5) is 0 Å². The van der Waals surface area contributed by atoms with Crippen LogP contribution < -0.4 is 0 Å². The van der Waals surface area contributed by atoms with Crippen molar-refractivity contribution in [2.45, 2.75) is 39.5 Å². The zero-order valence-electron chi connectivity index (χ0n) is 38.9. The summed E-state index contributed by atoms with van der Waals surface area (Å²) in [4.78, 5) is 4.68. The molecule has 1 radical (unpaired) electrons. The molecule has 0 unspecified atom stereocenters. The molecule has 0 N–H and O–H groups in total. The average Bonchev–Trinajstić information content (AvgIpc) is 4.18. The van der Waals surface area contributed by atoms with Gasteiger partial charge in [0, 0.05) is 91.3 Å². The van der Waals surface area contributed by atoms with Crippen molar-refractivity contribution in [3.8, 4) is 39.6 Å². The predicted molar refractivity (Wildman–Crippen MR) is 289 cm³/mol. The molecule has 4 nitrogen and oxygen atoms in total. The molecule has 0 aliphatic rings. The van der Waals surface area contributed by atoms with E-state index in [0.717, 1.165) is 11.4 Å². The van der Waals surface area contributed by atoms with E-state index in [1.807, 2.05) is 35.7 Å². The number of rotatable bonds is 7. The Hall–Kier alpha value is -7.34. The van der Waals surface area contributed by atoms with E-state index >= 15 is 0 Å². The SMILES string of the molecule is CC(C)c1cc(-c2ccccc2)cc(C(C)C)c1-n1ccnc1-c1[c-]cccc1.[Ir].c1ccc2c(c1)c1ccccc1n2-c1ccc2sc3ccc(-n4c5ccccc5c5ccccc54)cc3c2c1. The summed E-state index contributed by atoms with van der Waals surface area (Å²) in [5, 5.41) is 7.76. The van der Waals surface area contributed by atoms with Gasteiger partial charge in [-0.15, -0.1) is 47.2 Å². The van der Waals surface area contributed by atoms with Gasteiger partial charge in [-0.05, 0) is 107 Å². The summed E-state index contributed by atoms with van der Waals surface area (Å²) in [6.45, 7) is 9.07. The molecule has 0 bridgehead atoms. The molecule has 0 saturated heterocycles. The Balaban J connectivity index is 0.000000156. The molecule has 0 fully saturated rings. The maximum absolute atomic E-state index is 4.68. The number of hydrogen-bond donors (Lipinski definition) is 0. The van der Waals surface area contributed by atoms with Gasteiger partial charge in [-0.2, -0.15) is 0 Å². The van der Waals surface area contributed by atoms with Crippen molar-refractivity contribution in [3.05, 3.63) is 230 Å². The second-order valence-electron chi connectivity index (χ2n) is 18.3. The van der Waals surface area contributed by atoms with Crippen molar-refractivity contribution in [2.75, 3.05) is 0 Å². The Bertz CT molecular complexity index is 3680. The third-order valence-corrected chi connectivity index (χ3v) is 14.6. The van der Waals surface area contributed by atoms with E-state index in [-0.39, 0.29) is 20.1 Å². The van der Waals surface area contributed by atoms with E-state index in [1.54, 1.807) is 0 Å². The second-order valence-corrected chi connectivity index (χ2v) is 19.4. The third kappa shape index (κ3) is 7.70. The molecule has 0 aliphatic heterocycles. The van der Waals surface area contributed by atoms with E-state index in [0.29, 0.717) is 11.8 Å². The minimum Gasteiger partial charge on any atom is -0.340 e. The standard InChI is InChI=1S/C36H22N2S.C27H27N2.Ir/c1-5-13-31-25(9-1)26-10-2-6-14-32(26)37(31)23-17-19-35-29(21-23)30-22-24(18-20-36(30)39-35)38-33-15-7-3-11-27(33)28-12-4-8-16-34(28)38;1-19(2)24-17-23(21-11-7-5-8-12-21)18-25(20(3)4)26(24)29-16-15-28-27(29)22-13-9-6-10-14-22;/h1-22H;5-13,15-20H,1-4H3;/q;-1;. The van der Waals surface area contributed by atoms with Gasteiger partial charge in [0.1, 0.15) is 0 Å². The third-order valence-electron chi connectivity index (χ3n) is 13.5. The number of aromatic nitrogens is 4. The Morgan fingerprint density at radius 1 is 0.449 bits per heavy atom. The van der Waals surface area contributed by atoms with Crippen LogP contribution in [-0.4, -0.2) is 18.7 Å². The van der Waals surface area contributed by atoms with Crippen LogP contribution in [0.3, 0.4) is 0 Å². The minimum absolute atomic E-state index is 0. The van der Waals surface area contributed by atoms with Gasteiger partial charge < -0.3 is 13.7 Å². The zero-order valence-corrected chi connectivity index (χ0v) is 42.1. The number of benzene rings is 9. The van der Waals surface area contributed by atoms with Gasteiger partial charge in [0.2, 0.25) is 0 Å². The first-order chi connectivity index (χ1) is 33.4. The predicted octanol–water partition coefficient (Wildman–Crippen LogP) is 17.5. The van der Waals surface area contributed by atoms with Gasteiger partial charge >= 0.3 is 0 Å². The second kappa shape index (κ2) is 18.3. The van der Waals surface area contributed by atoms with Crippen molar-refractivity contribution in [3.63, 3.8) is 0 Å². The van der Waals surface area contributed by atoms with E-state index < -0.39 is 0 Å². The molecule has 4 heterocycles. The molecule has 0 aliphatic carbocycles. The monoisotopic (exact) mass is 1090 g/mol. The first-order valence-electron chi connectivity index (χ1n) is 23.6. The van der Waals surface area contributed by atoms with E-state index in [4.69, 9.17) is 0 Å².